The van der Waals surface area contributed by atoms with Gasteiger partial charge in [0, 0.05) is 26.2 Å². The molecule has 1 amide bonds. The van der Waals surface area contributed by atoms with Crippen LogP contribution in [0.2, 0.25) is 0 Å². The van der Waals surface area contributed by atoms with Gasteiger partial charge in [-0.25, -0.2) is 4.39 Å². The number of halogens is 1. The average Bonchev–Trinajstić information content (AvgIpc) is 2.82. The Morgan fingerprint density at radius 2 is 1.60 bits per heavy atom. The van der Waals surface area contributed by atoms with E-state index >= 15 is 0 Å². The van der Waals surface area contributed by atoms with Crippen LogP contribution in [0.5, 0.6) is 0 Å². The van der Waals surface area contributed by atoms with Gasteiger partial charge >= 0.3 is 0 Å². The Kier molecular flexibility index (Phi) is 4.30. The van der Waals surface area contributed by atoms with Crippen LogP contribution in [-0.2, 0) is 24.1 Å². The van der Waals surface area contributed by atoms with Gasteiger partial charge in [0.1, 0.15) is 5.82 Å². The zero-order valence-electron chi connectivity index (χ0n) is 14.3. The number of carbonyl (C=O) groups is 1. The van der Waals surface area contributed by atoms with E-state index in [4.69, 9.17) is 0 Å². The second-order valence-corrected chi connectivity index (χ2v) is 7.21. The smallest absolute Gasteiger partial charge is 0.231 e. The van der Waals surface area contributed by atoms with Gasteiger partial charge in [-0.2, -0.15) is 0 Å². The number of benzene rings is 2. The van der Waals surface area contributed by atoms with E-state index in [-0.39, 0.29) is 11.7 Å². The summed E-state index contributed by atoms with van der Waals surface area (Å²) in [5.41, 5.74) is 2.81. The van der Waals surface area contributed by atoms with Crippen LogP contribution in [0, 0.1) is 11.2 Å². The third-order valence-electron chi connectivity index (χ3n) is 5.57. The van der Waals surface area contributed by atoms with Crippen molar-refractivity contribution in [3.63, 3.8) is 0 Å². The minimum Gasteiger partial charge on any atom is -0.341 e. The second-order valence-electron chi connectivity index (χ2n) is 7.21. The quantitative estimate of drug-likeness (QED) is 0.933. The molecule has 0 radical (unpaired) electrons. The molecule has 0 aliphatic carbocycles. The van der Waals surface area contributed by atoms with Crippen molar-refractivity contribution in [2.75, 3.05) is 26.2 Å². The molecule has 0 atom stereocenters. The van der Waals surface area contributed by atoms with Gasteiger partial charge in [-0.15, -0.1) is 0 Å². The molecular formula is C21H23FN2O. The average molecular weight is 338 g/mol. The summed E-state index contributed by atoms with van der Waals surface area (Å²) in [5, 5.41) is 3.22. The lowest BCUT2D eigenvalue weighted by Crippen LogP contribution is -2.63. The Balaban J connectivity index is 1.52. The highest BCUT2D eigenvalue weighted by atomic mass is 19.1. The van der Waals surface area contributed by atoms with E-state index in [0.717, 1.165) is 25.9 Å². The summed E-state index contributed by atoms with van der Waals surface area (Å²) in [7, 11) is 0. The Morgan fingerprint density at radius 1 is 1.00 bits per heavy atom. The summed E-state index contributed by atoms with van der Waals surface area (Å²) in [6, 6.07) is 15.2. The Hall–Kier alpha value is -2.20. The fourth-order valence-electron chi connectivity index (χ4n) is 3.99. The lowest BCUT2D eigenvalue weighted by atomic mass is 9.75. The molecule has 2 aliphatic rings. The number of hydrogen-bond donors (Lipinski definition) is 1. The molecule has 4 rings (SSSR count). The van der Waals surface area contributed by atoms with Crippen LogP contribution < -0.4 is 5.32 Å². The van der Waals surface area contributed by atoms with E-state index in [1.165, 1.54) is 17.2 Å². The summed E-state index contributed by atoms with van der Waals surface area (Å²) in [5.74, 6) is -0.0489. The highest BCUT2D eigenvalue weighted by molar-refractivity contribution is 5.85. The maximum atomic E-state index is 14.1. The third-order valence-corrected chi connectivity index (χ3v) is 5.57. The molecule has 2 aliphatic heterocycles. The first-order valence-corrected chi connectivity index (χ1v) is 8.98. The summed E-state index contributed by atoms with van der Waals surface area (Å²) < 4.78 is 14.1. The van der Waals surface area contributed by atoms with Crippen LogP contribution in [0.15, 0.2) is 48.5 Å². The number of amides is 1. The normalized spacial score (nSPS) is 18.8. The summed E-state index contributed by atoms with van der Waals surface area (Å²) in [6.07, 6.45) is 2.26. The zero-order chi connectivity index (χ0) is 17.3. The highest BCUT2D eigenvalue weighted by Crippen LogP contribution is 2.32. The minimum atomic E-state index is -0.501. The minimum absolute atomic E-state index is 0.169. The number of rotatable bonds is 3. The predicted molar refractivity (Wildman–Crippen MR) is 95.8 cm³/mol. The monoisotopic (exact) mass is 338 g/mol. The molecule has 1 N–H and O–H groups in total. The molecular weight excluding hydrogens is 315 g/mol. The highest BCUT2D eigenvalue weighted by Gasteiger charge is 2.46. The van der Waals surface area contributed by atoms with E-state index in [0.29, 0.717) is 25.1 Å². The fraction of sp³-hybridized carbons (Fsp3) is 0.381. The van der Waals surface area contributed by atoms with Gasteiger partial charge in [0.05, 0.1) is 5.41 Å². The first-order valence-electron chi connectivity index (χ1n) is 8.98. The molecule has 2 aromatic carbocycles. The van der Waals surface area contributed by atoms with Crippen LogP contribution in [0.3, 0.4) is 0 Å². The van der Waals surface area contributed by atoms with Crippen molar-refractivity contribution < 1.29 is 9.18 Å². The van der Waals surface area contributed by atoms with Crippen LogP contribution in [0.25, 0.3) is 0 Å². The van der Waals surface area contributed by atoms with Crippen LogP contribution in [-0.4, -0.2) is 37.0 Å². The summed E-state index contributed by atoms with van der Waals surface area (Å²) in [6.45, 7) is 2.75. The molecule has 0 unspecified atom stereocenters. The van der Waals surface area contributed by atoms with Gasteiger partial charge in [-0.05, 0) is 42.0 Å². The topological polar surface area (TPSA) is 32.3 Å². The molecule has 1 saturated heterocycles. The number of fused-ring (bicyclic) bond motifs is 1. The molecule has 0 saturated carbocycles. The molecule has 4 heteroatoms. The molecule has 0 spiro atoms. The van der Waals surface area contributed by atoms with Crippen LogP contribution in [0.1, 0.15) is 16.7 Å². The maximum absolute atomic E-state index is 14.1. The van der Waals surface area contributed by atoms with E-state index in [9.17, 15) is 9.18 Å². The molecule has 2 aromatic rings. The Morgan fingerprint density at radius 3 is 2.16 bits per heavy atom. The zero-order valence-corrected chi connectivity index (χ0v) is 14.3. The van der Waals surface area contributed by atoms with Gasteiger partial charge in [-0.3, -0.25) is 4.79 Å². The lowest BCUT2D eigenvalue weighted by molar-refractivity contribution is -0.145. The maximum Gasteiger partial charge on any atom is 0.231 e. The van der Waals surface area contributed by atoms with Crippen LogP contribution in [0.4, 0.5) is 4.39 Å². The van der Waals surface area contributed by atoms with Crippen molar-refractivity contribution in [3.05, 3.63) is 71.0 Å². The molecule has 130 valence electrons. The van der Waals surface area contributed by atoms with E-state index in [1.54, 1.807) is 12.1 Å². The van der Waals surface area contributed by atoms with Gasteiger partial charge in [0.2, 0.25) is 5.91 Å². The van der Waals surface area contributed by atoms with Crippen LogP contribution >= 0.6 is 0 Å². The predicted octanol–water partition coefficient (Wildman–Crippen LogP) is 2.59. The van der Waals surface area contributed by atoms with Crippen molar-refractivity contribution in [1.29, 1.82) is 0 Å². The molecule has 3 nitrogen and oxygen atoms in total. The van der Waals surface area contributed by atoms with E-state index in [2.05, 4.69) is 29.6 Å². The Labute approximate surface area is 147 Å². The largest absolute Gasteiger partial charge is 0.341 e. The number of hydrogen-bond acceptors (Lipinski definition) is 2. The summed E-state index contributed by atoms with van der Waals surface area (Å²) in [4.78, 5) is 15.3. The third kappa shape index (κ3) is 3.07. The standard InChI is InChI=1S/C21H23FN2O/c22-19-8-4-3-7-18(19)13-21(14-23-15-21)20(25)24-11-9-16-5-1-2-6-17(16)10-12-24/h1-8,23H,9-15H2. The van der Waals surface area contributed by atoms with Crippen molar-refractivity contribution in [1.82, 2.24) is 10.2 Å². The number of carbonyl (C=O) groups excluding carboxylic acids is 1. The van der Waals surface area contributed by atoms with Gasteiger partial charge in [-0.1, -0.05) is 42.5 Å². The molecule has 1 fully saturated rings. The molecule has 0 aromatic heterocycles. The van der Waals surface area contributed by atoms with Crippen molar-refractivity contribution in [2.24, 2.45) is 5.41 Å². The Bertz CT molecular complexity index is 758. The number of nitrogens with zero attached hydrogens (tertiary/aromatic N) is 1. The lowest BCUT2D eigenvalue weighted by Gasteiger charge is -2.44. The molecule has 25 heavy (non-hydrogen) atoms. The molecule has 2 heterocycles. The van der Waals surface area contributed by atoms with Gasteiger partial charge < -0.3 is 10.2 Å². The van der Waals surface area contributed by atoms with Crippen molar-refractivity contribution in [2.45, 2.75) is 19.3 Å². The molecule has 0 bridgehead atoms. The first kappa shape index (κ1) is 16.3. The first-order chi connectivity index (χ1) is 12.2. The second kappa shape index (κ2) is 6.60. The van der Waals surface area contributed by atoms with Gasteiger partial charge in [0.25, 0.3) is 0 Å². The van der Waals surface area contributed by atoms with Crippen molar-refractivity contribution in [3.8, 4) is 0 Å². The fourth-order valence-corrected chi connectivity index (χ4v) is 3.99. The van der Waals surface area contributed by atoms with E-state index < -0.39 is 5.41 Å². The van der Waals surface area contributed by atoms with E-state index in [1.807, 2.05) is 11.0 Å². The SMILES string of the molecule is O=C(N1CCc2ccccc2CC1)C1(Cc2ccccc2F)CNC1. The van der Waals surface area contributed by atoms with Crippen molar-refractivity contribution >= 4 is 5.91 Å². The summed E-state index contributed by atoms with van der Waals surface area (Å²) >= 11 is 0. The number of nitrogens with one attached hydrogen (secondary N) is 1. The van der Waals surface area contributed by atoms with Gasteiger partial charge in [0.15, 0.2) is 0 Å².